The van der Waals surface area contributed by atoms with Crippen LogP contribution in [0.15, 0.2) is 0 Å². The summed E-state index contributed by atoms with van der Waals surface area (Å²) in [5.41, 5.74) is 0.611. The molecule has 0 amide bonds. The van der Waals surface area contributed by atoms with Crippen LogP contribution in [0.1, 0.15) is 32.1 Å². The Morgan fingerprint density at radius 2 is 2.18 bits per heavy atom. The van der Waals surface area contributed by atoms with E-state index in [1.165, 1.54) is 25.7 Å². The third-order valence-corrected chi connectivity index (χ3v) is 3.30. The second kappa shape index (κ2) is 2.59. The van der Waals surface area contributed by atoms with Crippen molar-refractivity contribution in [2.75, 3.05) is 6.54 Å². The predicted octanol–water partition coefficient (Wildman–Crippen LogP) is 1.11. The molecule has 1 heterocycles. The number of aldehydes is 1. The van der Waals surface area contributed by atoms with Crippen LogP contribution in [-0.4, -0.2) is 18.9 Å². The molecular weight excluding hydrogens is 138 g/mol. The number of rotatable bonds is 1. The minimum Gasteiger partial charge on any atom is -0.307 e. The maximum absolute atomic E-state index is 10.4. The fourth-order valence-electron chi connectivity index (χ4n) is 2.22. The Kier molecular flexibility index (Phi) is 1.72. The minimum atomic E-state index is 0.154. The van der Waals surface area contributed by atoms with E-state index in [1.807, 2.05) is 0 Å². The van der Waals surface area contributed by atoms with Crippen molar-refractivity contribution < 1.29 is 4.79 Å². The first-order valence-corrected chi connectivity index (χ1v) is 4.53. The van der Waals surface area contributed by atoms with Gasteiger partial charge in [-0.3, -0.25) is 0 Å². The van der Waals surface area contributed by atoms with Gasteiger partial charge in [-0.25, -0.2) is 0 Å². The van der Waals surface area contributed by atoms with E-state index in [-0.39, 0.29) is 6.04 Å². The Bertz CT molecular complexity index is 153. The number of carbonyl (C=O) groups is 1. The molecule has 1 aliphatic carbocycles. The second-order valence-electron chi connectivity index (χ2n) is 4.02. The molecule has 2 rings (SSSR count). The number of hydrogen-bond donors (Lipinski definition) is 1. The van der Waals surface area contributed by atoms with Gasteiger partial charge >= 0.3 is 0 Å². The SMILES string of the molecule is O=CC1CCC2(CCC2)CN1. The molecule has 11 heavy (non-hydrogen) atoms. The van der Waals surface area contributed by atoms with E-state index >= 15 is 0 Å². The zero-order valence-electron chi connectivity index (χ0n) is 6.81. The summed E-state index contributed by atoms with van der Waals surface area (Å²) in [5.74, 6) is 0. The molecule has 1 unspecified atom stereocenters. The van der Waals surface area contributed by atoms with Gasteiger partial charge in [0.05, 0.1) is 6.04 Å². The van der Waals surface area contributed by atoms with Gasteiger partial charge < -0.3 is 10.1 Å². The van der Waals surface area contributed by atoms with Gasteiger partial charge in [0.15, 0.2) is 0 Å². The fraction of sp³-hybridized carbons (Fsp3) is 0.889. The summed E-state index contributed by atoms with van der Waals surface area (Å²) in [6.45, 7) is 1.08. The number of hydrogen-bond acceptors (Lipinski definition) is 2. The maximum Gasteiger partial charge on any atom is 0.136 e. The lowest BCUT2D eigenvalue weighted by Crippen LogP contribution is -2.49. The molecule has 2 nitrogen and oxygen atoms in total. The van der Waals surface area contributed by atoms with Crippen molar-refractivity contribution in [3.8, 4) is 0 Å². The zero-order valence-corrected chi connectivity index (χ0v) is 6.81. The van der Waals surface area contributed by atoms with Crippen LogP contribution in [0.3, 0.4) is 0 Å². The lowest BCUT2D eigenvalue weighted by Gasteiger charge is -2.46. The van der Waals surface area contributed by atoms with E-state index in [4.69, 9.17) is 0 Å². The molecule has 1 spiro atoms. The van der Waals surface area contributed by atoms with Crippen LogP contribution in [0.5, 0.6) is 0 Å². The van der Waals surface area contributed by atoms with Crippen molar-refractivity contribution in [3.05, 3.63) is 0 Å². The molecule has 1 atom stereocenters. The van der Waals surface area contributed by atoms with Crippen LogP contribution < -0.4 is 5.32 Å². The summed E-state index contributed by atoms with van der Waals surface area (Å²) >= 11 is 0. The molecule has 1 aliphatic heterocycles. The molecule has 1 saturated carbocycles. The second-order valence-corrected chi connectivity index (χ2v) is 4.02. The fourth-order valence-corrected chi connectivity index (χ4v) is 2.22. The number of nitrogens with one attached hydrogen (secondary N) is 1. The molecular formula is C9H15NO. The Morgan fingerprint density at radius 1 is 1.36 bits per heavy atom. The summed E-state index contributed by atoms with van der Waals surface area (Å²) in [7, 11) is 0. The van der Waals surface area contributed by atoms with Gasteiger partial charge in [-0.2, -0.15) is 0 Å². The first-order valence-electron chi connectivity index (χ1n) is 4.53. The first kappa shape index (κ1) is 7.29. The molecule has 0 radical (unpaired) electrons. The van der Waals surface area contributed by atoms with Crippen molar-refractivity contribution in [1.82, 2.24) is 5.32 Å². The normalized spacial score (nSPS) is 34.7. The van der Waals surface area contributed by atoms with Gasteiger partial charge in [-0.15, -0.1) is 0 Å². The van der Waals surface area contributed by atoms with Crippen molar-refractivity contribution in [1.29, 1.82) is 0 Å². The molecule has 0 aromatic rings. The van der Waals surface area contributed by atoms with Crippen LogP contribution >= 0.6 is 0 Å². The third kappa shape index (κ3) is 1.20. The summed E-state index contributed by atoms with van der Waals surface area (Å²) in [5, 5.41) is 3.29. The standard InChI is InChI=1S/C9H15NO/c11-6-8-2-5-9(7-10-8)3-1-4-9/h6,8,10H,1-5,7H2. The smallest absolute Gasteiger partial charge is 0.136 e. The molecule has 2 aliphatic rings. The molecule has 2 heteroatoms. The van der Waals surface area contributed by atoms with Crippen molar-refractivity contribution in [2.45, 2.75) is 38.1 Å². The van der Waals surface area contributed by atoms with E-state index in [9.17, 15) is 4.79 Å². The van der Waals surface area contributed by atoms with Crippen LogP contribution in [0.4, 0.5) is 0 Å². The average molecular weight is 153 g/mol. The highest BCUT2D eigenvalue weighted by atomic mass is 16.1. The molecule has 2 fully saturated rings. The van der Waals surface area contributed by atoms with Gasteiger partial charge in [0.2, 0.25) is 0 Å². The Hall–Kier alpha value is -0.370. The Labute approximate surface area is 67.4 Å². The summed E-state index contributed by atoms with van der Waals surface area (Å²) < 4.78 is 0. The molecule has 0 aromatic heterocycles. The highest BCUT2D eigenvalue weighted by molar-refractivity contribution is 5.57. The van der Waals surface area contributed by atoms with Gasteiger partial charge in [0, 0.05) is 6.54 Å². The average Bonchev–Trinajstić information content (AvgIpc) is 2.02. The topological polar surface area (TPSA) is 29.1 Å². The predicted molar refractivity (Wildman–Crippen MR) is 43.4 cm³/mol. The Balaban J connectivity index is 1.88. The van der Waals surface area contributed by atoms with Gasteiger partial charge in [-0.1, -0.05) is 6.42 Å². The van der Waals surface area contributed by atoms with Gasteiger partial charge in [-0.05, 0) is 31.1 Å². The minimum absolute atomic E-state index is 0.154. The van der Waals surface area contributed by atoms with E-state index < -0.39 is 0 Å². The van der Waals surface area contributed by atoms with Crippen molar-refractivity contribution in [2.24, 2.45) is 5.41 Å². The quantitative estimate of drug-likeness (QED) is 0.572. The summed E-state index contributed by atoms with van der Waals surface area (Å²) in [6, 6.07) is 0.154. The highest BCUT2D eigenvalue weighted by Crippen LogP contribution is 2.45. The Morgan fingerprint density at radius 3 is 2.55 bits per heavy atom. The summed E-state index contributed by atoms with van der Waals surface area (Å²) in [4.78, 5) is 10.4. The van der Waals surface area contributed by atoms with E-state index in [1.54, 1.807) is 0 Å². The van der Waals surface area contributed by atoms with Gasteiger partial charge in [0.25, 0.3) is 0 Å². The monoisotopic (exact) mass is 153 g/mol. The van der Waals surface area contributed by atoms with E-state index in [0.29, 0.717) is 5.41 Å². The molecule has 0 bridgehead atoms. The molecule has 1 N–H and O–H groups in total. The van der Waals surface area contributed by atoms with Crippen LogP contribution in [0, 0.1) is 5.41 Å². The lowest BCUT2D eigenvalue weighted by atomic mass is 9.64. The lowest BCUT2D eigenvalue weighted by molar-refractivity contribution is -0.111. The first-order chi connectivity index (χ1) is 5.35. The molecule has 62 valence electrons. The van der Waals surface area contributed by atoms with E-state index in [0.717, 1.165) is 19.3 Å². The van der Waals surface area contributed by atoms with Gasteiger partial charge in [0.1, 0.15) is 6.29 Å². The largest absolute Gasteiger partial charge is 0.307 e. The van der Waals surface area contributed by atoms with Crippen molar-refractivity contribution in [3.63, 3.8) is 0 Å². The highest BCUT2D eigenvalue weighted by Gasteiger charge is 2.39. The van der Waals surface area contributed by atoms with Crippen LogP contribution in [0.2, 0.25) is 0 Å². The molecule has 1 saturated heterocycles. The number of piperidine rings is 1. The molecule has 0 aromatic carbocycles. The number of carbonyl (C=O) groups excluding carboxylic acids is 1. The summed E-state index contributed by atoms with van der Waals surface area (Å²) in [6.07, 6.45) is 7.53. The zero-order chi connectivity index (χ0) is 7.73. The maximum atomic E-state index is 10.4. The third-order valence-electron chi connectivity index (χ3n) is 3.30. The van der Waals surface area contributed by atoms with Crippen molar-refractivity contribution >= 4 is 6.29 Å². The van der Waals surface area contributed by atoms with Crippen LogP contribution in [-0.2, 0) is 4.79 Å². The van der Waals surface area contributed by atoms with E-state index in [2.05, 4.69) is 5.32 Å². The van der Waals surface area contributed by atoms with Crippen LogP contribution in [0.25, 0.3) is 0 Å².